The molecule has 0 atom stereocenters. The minimum absolute atomic E-state index is 0.113. The molecule has 0 bridgehead atoms. The molecule has 0 unspecified atom stereocenters. The van der Waals surface area contributed by atoms with E-state index in [4.69, 9.17) is 33.0 Å². The topological polar surface area (TPSA) is 46.5 Å². The van der Waals surface area contributed by atoms with Crippen molar-refractivity contribution in [1.29, 1.82) is 0 Å². The summed E-state index contributed by atoms with van der Waals surface area (Å²) in [4.78, 5) is 11.0. The zero-order valence-corrected chi connectivity index (χ0v) is 12.5. The number of benzene rings is 2. The highest BCUT2D eigenvalue weighted by Crippen LogP contribution is 2.35. The predicted octanol–water partition coefficient (Wildman–Crippen LogP) is 5.25. The van der Waals surface area contributed by atoms with Crippen LogP contribution in [0.15, 0.2) is 40.9 Å². The quantitative estimate of drug-likeness (QED) is 0.812. The number of hydrogen-bond acceptors (Lipinski definition) is 2. The normalized spacial score (nSPS) is 10.3. The molecule has 0 aliphatic rings. The molecule has 3 nitrogen and oxygen atoms in total. The van der Waals surface area contributed by atoms with E-state index in [-0.39, 0.29) is 10.6 Å². The zero-order valence-electron chi connectivity index (χ0n) is 9.36. The second-order valence-corrected chi connectivity index (χ2v) is 5.34. The average Bonchev–Trinajstić information content (AvgIpc) is 2.34. The maximum atomic E-state index is 11.0. The van der Waals surface area contributed by atoms with Crippen molar-refractivity contribution in [3.63, 3.8) is 0 Å². The van der Waals surface area contributed by atoms with Gasteiger partial charge in [0.25, 0.3) is 0 Å². The standard InChI is InChI=1S/C13H7BrCl2O3/c14-8-4-7(13(17)18)5-9(6-8)19-11-3-1-2-10(15)12(11)16/h1-6H,(H,17,18). The minimum Gasteiger partial charge on any atom is -0.478 e. The van der Waals surface area contributed by atoms with Crippen molar-refractivity contribution >= 4 is 45.1 Å². The van der Waals surface area contributed by atoms with Crippen molar-refractivity contribution in [2.45, 2.75) is 0 Å². The van der Waals surface area contributed by atoms with Gasteiger partial charge in [-0.2, -0.15) is 0 Å². The van der Waals surface area contributed by atoms with Gasteiger partial charge in [-0.3, -0.25) is 0 Å². The Balaban J connectivity index is 2.38. The predicted molar refractivity (Wildman–Crippen MR) is 77.6 cm³/mol. The van der Waals surface area contributed by atoms with Gasteiger partial charge in [-0.1, -0.05) is 45.2 Å². The zero-order chi connectivity index (χ0) is 14.0. The van der Waals surface area contributed by atoms with Gasteiger partial charge in [0.1, 0.15) is 16.5 Å². The van der Waals surface area contributed by atoms with Crippen molar-refractivity contribution in [1.82, 2.24) is 0 Å². The van der Waals surface area contributed by atoms with Gasteiger partial charge in [0, 0.05) is 4.47 Å². The third kappa shape index (κ3) is 3.41. The Morgan fingerprint density at radius 2 is 1.95 bits per heavy atom. The number of ether oxygens (including phenoxy) is 1. The number of rotatable bonds is 3. The van der Waals surface area contributed by atoms with E-state index < -0.39 is 5.97 Å². The maximum Gasteiger partial charge on any atom is 0.335 e. The van der Waals surface area contributed by atoms with Crippen molar-refractivity contribution in [2.75, 3.05) is 0 Å². The Kier molecular flexibility index (Phi) is 4.34. The molecule has 1 N–H and O–H groups in total. The van der Waals surface area contributed by atoms with Gasteiger partial charge in [0.05, 0.1) is 10.6 Å². The molecule has 6 heteroatoms. The van der Waals surface area contributed by atoms with Crippen molar-refractivity contribution in [3.05, 3.63) is 56.5 Å². The number of halogens is 3. The summed E-state index contributed by atoms with van der Waals surface area (Å²) in [6.45, 7) is 0. The lowest BCUT2D eigenvalue weighted by atomic mass is 10.2. The van der Waals surface area contributed by atoms with Gasteiger partial charge in [0.2, 0.25) is 0 Å². The van der Waals surface area contributed by atoms with Crippen LogP contribution in [0.1, 0.15) is 10.4 Å². The van der Waals surface area contributed by atoms with Crippen LogP contribution < -0.4 is 4.74 Å². The molecular weight excluding hydrogens is 355 g/mol. The van der Waals surface area contributed by atoms with Crippen LogP contribution in [-0.2, 0) is 0 Å². The molecule has 0 spiro atoms. The first-order valence-electron chi connectivity index (χ1n) is 5.13. The van der Waals surface area contributed by atoms with Gasteiger partial charge in [-0.25, -0.2) is 4.79 Å². The molecule has 98 valence electrons. The number of carboxylic acid groups (broad SMARTS) is 1. The highest BCUT2D eigenvalue weighted by molar-refractivity contribution is 9.10. The van der Waals surface area contributed by atoms with E-state index >= 15 is 0 Å². The van der Waals surface area contributed by atoms with Crippen LogP contribution >= 0.6 is 39.1 Å². The van der Waals surface area contributed by atoms with Crippen LogP contribution in [-0.4, -0.2) is 11.1 Å². The molecular formula is C13H7BrCl2O3. The summed E-state index contributed by atoms with van der Waals surface area (Å²) < 4.78 is 6.15. The van der Waals surface area contributed by atoms with E-state index in [2.05, 4.69) is 15.9 Å². The SMILES string of the molecule is O=C(O)c1cc(Br)cc(Oc2cccc(Cl)c2Cl)c1. The Morgan fingerprint density at radius 3 is 2.63 bits per heavy atom. The Morgan fingerprint density at radius 1 is 1.21 bits per heavy atom. The molecule has 0 aliphatic heterocycles. The first kappa shape index (κ1) is 14.2. The number of aromatic carboxylic acids is 1. The summed E-state index contributed by atoms with van der Waals surface area (Å²) in [5.41, 5.74) is 0.113. The largest absolute Gasteiger partial charge is 0.478 e. The molecule has 0 radical (unpaired) electrons. The first-order valence-corrected chi connectivity index (χ1v) is 6.68. The van der Waals surface area contributed by atoms with Crippen LogP contribution in [0.2, 0.25) is 10.0 Å². The molecule has 0 fully saturated rings. The molecule has 2 rings (SSSR count). The average molecular weight is 362 g/mol. The lowest BCUT2D eigenvalue weighted by Gasteiger charge is -2.09. The molecule has 19 heavy (non-hydrogen) atoms. The molecule has 2 aromatic rings. The number of hydrogen-bond donors (Lipinski definition) is 1. The lowest BCUT2D eigenvalue weighted by molar-refractivity contribution is 0.0696. The minimum atomic E-state index is -1.04. The van der Waals surface area contributed by atoms with E-state index in [1.807, 2.05) is 0 Å². The van der Waals surface area contributed by atoms with E-state index in [0.29, 0.717) is 21.0 Å². The van der Waals surface area contributed by atoms with E-state index in [1.54, 1.807) is 24.3 Å². The van der Waals surface area contributed by atoms with Gasteiger partial charge in [-0.05, 0) is 30.3 Å². The van der Waals surface area contributed by atoms with Crippen LogP contribution in [0.25, 0.3) is 0 Å². The maximum absolute atomic E-state index is 11.0. The molecule has 0 aromatic heterocycles. The number of carbonyl (C=O) groups is 1. The highest BCUT2D eigenvalue weighted by Gasteiger charge is 2.10. The van der Waals surface area contributed by atoms with Gasteiger partial charge >= 0.3 is 5.97 Å². The highest BCUT2D eigenvalue weighted by atomic mass is 79.9. The fraction of sp³-hybridized carbons (Fsp3) is 0. The first-order chi connectivity index (χ1) is 8.97. The molecule has 0 aliphatic carbocycles. The Hall–Kier alpha value is -1.23. The molecule has 0 saturated heterocycles. The van der Waals surface area contributed by atoms with Crippen LogP contribution in [0.4, 0.5) is 0 Å². The Labute approximate surface area is 127 Å². The summed E-state index contributed by atoms with van der Waals surface area (Å²) >= 11 is 15.1. The van der Waals surface area contributed by atoms with Crippen molar-refractivity contribution < 1.29 is 14.6 Å². The Bertz CT molecular complexity index is 644. The van der Waals surface area contributed by atoms with Gasteiger partial charge in [0.15, 0.2) is 0 Å². The van der Waals surface area contributed by atoms with Crippen LogP contribution in [0.3, 0.4) is 0 Å². The van der Waals surface area contributed by atoms with Crippen LogP contribution in [0.5, 0.6) is 11.5 Å². The van der Waals surface area contributed by atoms with Crippen molar-refractivity contribution in [3.8, 4) is 11.5 Å². The van der Waals surface area contributed by atoms with Gasteiger partial charge < -0.3 is 9.84 Å². The summed E-state index contributed by atoms with van der Waals surface area (Å²) in [6, 6.07) is 9.51. The monoisotopic (exact) mass is 360 g/mol. The van der Waals surface area contributed by atoms with E-state index in [0.717, 1.165) is 0 Å². The number of carboxylic acids is 1. The lowest BCUT2D eigenvalue weighted by Crippen LogP contribution is -1.97. The van der Waals surface area contributed by atoms with Crippen molar-refractivity contribution in [2.24, 2.45) is 0 Å². The van der Waals surface area contributed by atoms with Crippen LogP contribution in [0, 0.1) is 0 Å². The van der Waals surface area contributed by atoms with Gasteiger partial charge in [-0.15, -0.1) is 0 Å². The fourth-order valence-corrected chi connectivity index (χ4v) is 2.24. The second-order valence-electron chi connectivity index (χ2n) is 3.63. The summed E-state index contributed by atoms with van der Waals surface area (Å²) in [6.07, 6.45) is 0. The molecule has 2 aromatic carbocycles. The molecule has 0 heterocycles. The second kappa shape index (κ2) is 5.82. The fourth-order valence-electron chi connectivity index (χ4n) is 1.43. The smallest absolute Gasteiger partial charge is 0.335 e. The third-order valence-electron chi connectivity index (χ3n) is 2.26. The summed E-state index contributed by atoms with van der Waals surface area (Å²) in [5.74, 6) is -0.317. The third-order valence-corrected chi connectivity index (χ3v) is 3.52. The molecule has 0 saturated carbocycles. The van der Waals surface area contributed by atoms with E-state index in [1.165, 1.54) is 12.1 Å². The summed E-state index contributed by atoms with van der Waals surface area (Å²) in [5, 5.41) is 9.62. The summed E-state index contributed by atoms with van der Waals surface area (Å²) in [7, 11) is 0. The van der Waals surface area contributed by atoms with E-state index in [9.17, 15) is 4.79 Å². The molecule has 0 amide bonds.